The van der Waals surface area contributed by atoms with Crippen molar-refractivity contribution in [2.75, 3.05) is 19.8 Å². The minimum Gasteiger partial charge on any atom is -0.394 e. The van der Waals surface area contributed by atoms with Crippen molar-refractivity contribution >= 4 is 0 Å². The van der Waals surface area contributed by atoms with Crippen LogP contribution >= 0.6 is 0 Å². The Morgan fingerprint density at radius 3 is 2.71 bits per heavy atom. The number of hydrogen-bond acceptors (Lipinski definition) is 3. The molecule has 3 nitrogen and oxygen atoms in total. The summed E-state index contributed by atoms with van der Waals surface area (Å²) in [6, 6.07) is 9.05. The normalized spacial score (nSPS) is 26.1. The highest BCUT2D eigenvalue weighted by atomic mass is 16.5. The molecule has 0 radical (unpaired) electrons. The van der Waals surface area contributed by atoms with Crippen molar-refractivity contribution in [3.63, 3.8) is 0 Å². The number of ether oxygens (including phenoxy) is 1. The lowest BCUT2D eigenvalue weighted by atomic mass is 10.1. The van der Waals surface area contributed by atoms with Gasteiger partial charge in [0, 0.05) is 19.1 Å². The average molecular weight is 235 g/mol. The number of morpholine rings is 1. The molecule has 2 rings (SSSR count). The molecule has 1 aliphatic rings. The quantitative estimate of drug-likeness (QED) is 0.863. The SMILES string of the molecule is Cc1ccc(CN2CC(CO)OCC2C)cc1. The molecule has 3 heteroatoms. The maximum atomic E-state index is 9.15. The number of nitrogens with zero attached hydrogens (tertiary/aromatic N) is 1. The molecule has 1 heterocycles. The second kappa shape index (κ2) is 5.63. The molecule has 1 aromatic carbocycles. The highest BCUT2D eigenvalue weighted by Gasteiger charge is 2.25. The van der Waals surface area contributed by atoms with Gasteiger partial charge in [-0.15, -0.1) is 0 Å². The summed E-state index contributed by atoms with van der Waals surface area (Å²) in [5.41, 5.74) is 2.61. The van der Waals surface area contributed by atoms with E-state index in [0.717, 1.165) is 13.1 Å². The predicted octanol–water partition coefficient (Wildman–Crippen LogP) is 1.58. The van der Waals surface area contributed by atoms with Gasteiger partial charge in [-0.05, 0) is 19.4 Å². The largest absolute Gasteiger partial charge is 0.394 e. The summed E-state index contributed by atoms with van der Waals surface area (Å²) < 4.78 is 5.53. The van der Waals surface area contributed by atoms with Gasteiger partial charge in [-0.25, -0.2) is 0 Å². The maximum absolute atomic E-state index is 9.15. The molecule has 1 aromatic rings. The first kappa shape index (κ1) is 12.6. The third kappa shape index (κ3) is 3.28. The third-order valence-electron chi connectivity index (χ3n) is 3.34. The molecule has 0 aromatic heterocycles. The van der Waals surface area contributed by atoms with Crippen LogP contribution in [0.25, 0.3) is 0 Å². The smallest absolute Gasteiger partial charge is 0.0933 e. The highest BCUT2D eigenvalue weighted by molar-refractivity contribution is 5.21. The van der Waals surface area contributed by atoms with Gasteiger partial charge in [-0.1, -0.05) is 29.8 Å². The first-order valence-corrected chi connectivity index (χ1v) is 6.21. The molecular weight excluding hydrogens is 214 g/mol. The molecule has 0 aliphatic carbocycles. The van der Waals surface area contributed by atoms with E-state index in [1.54, 1.807) is 0 Å². The standard InChI is InChI=1S/C14H21NO2/c1-11-3-5-13(6-4-11)7-15-8-14(9-16)17-10-12(15)2/h3-6,12,14,16H,7-10H2,1-2H3. The summed E-state index contributed by atoms with van der Waals surface area (Å²) in [5, 5.41) is 9.15. The van der Waals surface area contributed by atoms with Crippen molar-refractivity contribution < 1.29 is 9.84 Å². The molecule has 1 fully saturated rings. The van der Waals surface area contributed by atoms with Crippen LogP contribution in [0.3, 0.4) is 0 Å². The van der Waals surface area contributed by atoms with Gasteiger partial charge in [-0.2, -0.15) is 0 Å². The lowest BCUT2D eigenvalue weighted by Gasteiger charge is -2.37. The van der Waals surface area contributed by atoms with Crippen molar-refractivity contribution in [3.8, 4) is 0 Å². The fraction of sp³-hybridized carbons (Fsp3) is 0.571. The van der Waals surface area contributed by atoms with E-state index in [1.165, 1.54) is 11.1 Å². The van der Waals surface area contributed by atoms with Gasteiger partial charge in [0.15, 0.2) is 0 Å². The lowest BCUT2D eigenvalue weighted by Crippen LogP contribution is -2.48. The van der Waals surface area contributed by atoms with Gasteiger partial charge in [0.2, 0.25) is 0 Å². The van der Waals surface area contributed by atoms with Crippen LogP contribution in [-0.2, 0) is 11.3 Å². The fourth-order valence-corrected chi connectivity index (χ4v) is 2.13. The van der Waals surface area contributed by atoms with Crippen LogP contribution in [-0.4, -0.2) is 41.9 Å². The molecule has 1 aliphatic heterocycles. The molecule has 94 valence electrons. The molecule has 0 saturated carbocycles. The summed E-state index contributed by atoms with van der Waals surface area (Å²) in [5.74, 6) is 0. The van der Waals surface area contributed by atoms with Gasteiger partial charge < -0.3 is 9.84 Å². The van der Waals surface area contributed by atoms with Crippen LogP contribution in [0, 0.1) is 6.92 Å². The Balaban J connectivity index is 1.98. The number of aryl methyl sites for hydroxylation is 1. The molecule has 17 heavy (non-hydrogen) atoms. The van der Waals surface area contributed by atoms with Crippen molar-refractivity contribution in [2.24, 2.45) is 0 Å². The van der Waals surface area contributed by atoms with Crippen LogP contribution in [0.5, 0.6) is 0 Å². The predicted molar refractivity (Wildman–Crippen MR) is 67.9 cm³/mol. The Bertz CT molecular complexity index is 350. The van der Waals surface area contributed by atoms with Crippen molar-refractivity contribution in [1.82, 2.24) is 4.90 Å². The minimum absolute atomic E-state index is 0.0309. The monoisotopic (exact) mass is 235 g/mol. The van der Waals surface area contributed by atoms with Crippen molar-refractivity contribution in [2.45, 2.75) is 32.5 Å². The first-order valence-electron chi connectivity index (χ1n) is 6.21. The summed E-state index contributed by atoms with van der Waals surface area (Å²) in [7, 11) is 0. The Kier molecular flexibility index (Phi) is 4.15. The van der Waals surface area contributed by atoms with E-state index in [-0.39, 0.29) is 12.7 Å². The van der Waals surface area contributed by atoms with Gasteiger partial charge in [0.05, 0.1) is 19.3 Å². The van der Waals surface area contributed by atoms with Crippen LogP contribution in [0.4, 0.5) is 0 Å². The molecule has 0 bridgehead atoms. The van der Waals surface area contributed by atoms with Crippen LogP contribution in [0.2, 0.25) is 0 Å². The molecule has 0 amide bonds. The van der Waals surface area contributed by atoms with Gasteiger partial charge in [0.25, 0.3) is 0 Å². The lowest BCUT2D eigenvalue weighted by molar-refractivity contribution is -0.0805. The second-order valence-corrected chi connectivity index (χ2v) is 4.90. The van der Waals surface area contributed by atoms with Crippen molar-refractivity contribution in [3.05, 3.63) is 35.4 Å². The van der Waals surface area contributed by atoms with E-state index in [0.29, 0.717) is 12.6 Å². The van der Waals surface area contributed by atoms with Crippen LogP contribution in [0.15, 0.2) is 24.3 Å². The molecule has 1 saturated heterocycles. The zero-order valence-corrected chi connectivity index (χ0v) is 10.6. The second-order valence-electron chi connectivity index (χ2n) is 4.90. The van der Waals surface area contributed by atoms with Gasteiger partial charge in [0.1, 0.15) is 0 Å². The average Bonchev–Trinajstić information content (AvgIpc) is 2.35. The molecule has 1 N–H and O–H groups in total. The Morgan fingerprint density at radius 1 is 1.35 bits per heavy atom. The third-order valence-corrected chi connectivity index (χ3v) is 3.34. The number of aliphatic hydroxyl groups excluding tert-OH is 1. The number of rotatable bonds is 3. The zero-order valence-electron chi connectivity index (χ0n) is 10.6. The zero-order chi connectivity index (χ0) is 12.3. The van der Waals surface area contributed by atoms with Crippen LogP contribution < -0.4 is 0 Å². The van der Waals surface area contributed by atoms with E-state index in [1.807, 2.05) is 0 Å². The van der Waals surface area contributed by atoms with E-state index in [9.17, 15) is 0 Å². The summed E-state index contributed by atoms with van der Waals surface area (Å²) >= 11 is 0. The summed E-state index contributed by atoms with van der Waals surface area (Å²) in [6.45, 7) is 6.83. The van der Waals surface area contributed by atoms with Crippen molar-refractivity contribution in [1.29, 1.82) is 0 Å². The number of hydrogen-bond donors (Lipinski definition) is 1. The Morgan fingerprint density at radius 2 is 2.06 bits per heavy atom. The van der Waals surface area contributed by atoms with E-state index in [4.69, 9.17) is 9.84 Å². The maximum Gasteiger partial charge on any atom is 0.0933 e. The Hall–Kier alpha value is -0.900. The van der Waals surface area contributed by atoms with E-state index < -0.39 is 0 Å². The van der Waals surface area contributed by atoms with E-state index in [2.05, 4.69) is 43.0 Å². The molecule has 0 spiro atoms. The van der Waals surface area contributed by atoms with E-state index >= 15 is 0 Å². The van der Waals surface area contributed by atoms with Gasteiger partial charge >= 0.3 is 0 Å². The highest BCUT2D eigenvalue weighted by Crippen LogP contribution is 2.15. The number of aliphatic hydroxyl groups is 1. The Labute approximate surface area is 103 Å². The molecular formula is C14H21NO2. The minimum atomic E-state index is -0.0309. The summed E-state index contributed by atoms with van der Waals surface area (Å²) in [6.07, 6.45) is -0.0309. The van der Waals surface area contributed by atoms with Crippen LogP contribution in [0.1, 0.15) is 18.1 Å². The topological polar surface area (TPSA) is 32.7 Å². The summed E-state index contributed by atoms with van der Waals surface area (Å²) in [4.78, 5) is 2.37. The molecule has 2 atom stereocenters. The van der Waals surface area contributed by atoms with Gasteiger partial charge in [-0.3, -0.25) is 4.90 Å². The molecule has 2 unspecified atom stereocenters. The number of benzene rings is 1. The first-order chi connectivity index (χ1) is 8.19. The fourth-order valence-electron chi connectivity index (χ4n) is 2.13.